The first-order valence-electron chi connectivity index (χ1n) is 14.9. The molecule has 6 rings (SSSR count). The Kier molecular flexibility index (Phi) is 8.65. The van der Waals surface area contributed by atoms with Crippen LogP contribution < -0.4 is 15.4 Å². The SMILES string of the molecule is Cc1ccc(-n2nc(C(C)(C)C)cc2NC(=O)Nc2ccc(OCCN3CCOC(c4nccs4)C3)c3ccccc23)cc1. The van der Waals surface area contributed by atoms with Gasteiger partial charge >= 0.3 is 6.03 Å². The number of carbonyl (C=O) groups excluding carboxylic acids is 1. The monoisotopic (exact) mass is 610 g/mol. The molecule has 9 nitrogen and oxygen atoms in total. The minimum atomic E-state index is -0.348. The van der Waals surface area contributed by atoms with E-state index in [9.17, 15) is 4.79 Å². The number of fused-ring (bicyclic) bond motifs is 1. The lowest BCUT2D eigenvalue weighted by atomic mass is 9.92. The van der Waals surface area contributed by atoms with Gasteiger partial charge in [-0.25, -0.2) is 14.5 Å². The highest BCUT2D eigenvalue weighted by Crippen LogP contribution is 2.32. The molecule has 1 atom stereocenters. The van der Waals surface area contributed by atoms with Crippen LogP contribution >= 0.6 is 11.3 Å². The number of hydrogen-bond donors (Lipinski definition) is 2. The van der Waals surface area contributed by atoms with Gasteiger partial charge in [0.2, 0.25) is 0 Å². The molecule has 2 amide bonds. The number of nitrogens with one attached hydrogen (secondary N) is 2. The zero-order valence-electron chi connectivity index (χ0n) is 25.5. The Morgan fingerprint density at radius 2 is 1.86 bits per heavy atom. The number of anilines is 2. The third-order valence-electron chi connectivity index (χ3n) is 7.67. The topological polar surface area (TPSA) is 93.5 Å². The second-order valence-electron chi connectivity index (χ2n) is 12.0. The second-order valence-corrected chi connectivity index (χ2v) is 13.0. The van der Waals surface area contributed by atoms with Crippen LogP contribution in [0.15, 0.2) is 78.3 Å². The summed E-state index contributed by atoms with van der Waals surface area (Å²) in [4.78, 5) is 20.1. The van der Waals surface area contributed by atoms with Gasteiger partial charge < -0.3 is 14.8 Å². The molecule has 2 aromatic heterocycles. The Hall–Kier alpha value is -4.25. The molecule has 0 saturated carbocycles. The van der Waals surface area contributed by atoms with Crippen LogP contribution in [-0.4, -0.2) is 58.5 Å². The summed E-state index contributed by atoms with van der Waals surface area (Å²) in [5.74, 6) is 1.38. The molecular weight excluding hydrogens is 572 g/mol. The van der Waals surface area contributed by atoms with E-state index in [4.69, 9.17) is 14.6 Å². The zero-order chi connectivity index (χ0) is 30.7. The van der Waals surface area contributed by atoms with Gasteiger partial charge in [0, 0.05) is 53.5 Å². The van der Waals surface area contributed by atoms with E-state index < -0.39 is 0 Å². The summed E-state index contributed by atoms with van der Waals surface area (Å²) < 4.78 is 14.0. The molecule has 2 N–H and O–H groups in total. The molecule has 0 aliphatic carbocycles. The third kappa shape index (κ3) is 6.77. The van der Waals surface area contributed by atoms with Crippen LogP contribution in [0.2, 0.25) is 0 Å². The number of benzene rings is 3. The Labute approximate surface area is 261 Å². The molecule has 44 heavy (non-hydrogen) atoms. The number of amides is 2. The summed E-state index contributed by atoms with van der Waals surface area (Å²) in [7, 11) is 0. The molecule has 5 aromatic rings. The summed E-state index contributed by atoms with van der Waals surface area (Å²) in [6.45, 7) is 12.0. The van der Waals surface area contributed by atoms with Gasteiger partial charge in [0.05, 0.1) is 23.7 Å². The molecule has 1 aliphatic rings. The number of ether oxygens (including phenoxy) is 2. The highest BCUT2D eigenvalue weighted by Gasteiger charge is 2.24. The fourth-order valence-electron chi connectivity index (χ4n) is 5.23. The van der Waals surface area contributed by atoms with E-state index in [2.05, 4.69) is 41.3 Å². The molecular formula is C34H38N6O3S. The van der Waals surface area contributed by atoms with Crippen LogP contribution in [0.1, 0.15) is 43.1 Å². The van der Waals surface area contributed by atoms with Gasteiger partial charge in [-0.05, 0) is 31.2 Å². The summed E-state index contributed by atoms with van der Waals surface area (Å²) in [5, 5.41) is 15.7. The molecule has 3 heterocycles. The maximum absolute atomic E-state index is 13.4. The van der Waals surface area contributed by atoms with Crippen LogP contribution in [0.25, 0.3) is 16.5 Å². The third-order valence-corrected chi connectivity index (χ3v) is 8.54. The van der Waals surface area contributed by atoms with Crippen molar-refractivity contribution in [3.63, 3.8) is 0 Å². The molecule has 0 bridgehead atoms. The highest BCUT2D eigenvalue weighted by molar-refractivity contribution is 7.09. The number of hydrogen-bond acceptors (Lipinski definition) is 7. The van der Waals surface area contributed by atoms with Gasteiger partial charge in [0.15, 0.2) is 0 Å². The molecule has 228 valence electrons. The fraction of sp³-hybridized carbons (Fsp3) is 0.324. The van der Waals surface area contributed by atoms with E-state index in [0.29, 0.717) is 24.7 Å². The van der Waals surface area contributed by atoms with Gasteiger partial charge in [-0.2, -0.15) is 5.10 Å². The van der Waals surface area contributed by atoms with E-state index >= 15 is 0 Å². The predicted octanol–water partition coefficient (Wildman–Crippen LogP) is 7.18. The normalized spacial score (nSPS) is 15.8. The van der Waals surface area contributed by atoms with Crippen LogP contribution in [-0.2, 0) is 10.2 Å². The molecule has 1 unspecified atom stereocenters. The van der Waals surface area contributed by atoms with Crippen LogP contribution in [0.5, 0.6) is 5.75 Å². The minimum absolute atomic E-state index is 0.0108. The number of thiazole rings is 1. The van der Waals surface area contributed by atoms with Gasteiger partial charge in [0.1, 0.15) is 29.3 Å². The van der Waals surface area contributed by atoms with E-state index in [0.717, 1.165) is 58.1 Å². The van der Waals surface area contributed by atoms with Gasteiger partial charge in [-0.1, -0.05) is 62.7 Å². The van der Waals surface area contributed by atoms with E-state index in [-0.39, 0.29) is 17.6 Å². The Morgan fingerprint density at radius 3 is 2.61 bits per heavy atom. The Balaban J connectivity index is 1.14. The van der Waals surface area contributed by atoms with Crippen molar-refractivity contribution in [1.29, 1.82) is 0 Å². The van der Waals surface area contributed by atoms with Crippen LogP contribution in [0.3, 0.4) is 0 Å². The first kappa shape index (κ1) is 29.8. The lowest BCUT2D eigenvalue weighted by molar-refractivity contribution is -0.0329. The van der Waals surface area contributed by atoms with Crippen LogP contribution in [0, 0.1) is 6.92 Å². The first-order chi connectivity index (χ1) is 21.2. The summed E-state index contributed by atoms with van der Waals surface area (Å²) in [5.41, 5.74) is 3.44. The maximum atomic E-state index is 13.4. The van der Waals surface area contributed by atoms with Crippen molar-refractivity contribution in [1.82, 2.24) is 19.7 Å². The number of nitrogens with zero attached hydrogens (tertiary/aromatic N) is 4. The summed E-state index contributed by atoms with van der Waals surface area (Å²) in [6.07, 6.45) is 1.83. The number of aromatic nitrogens is 3. The lowest BCUT2D eigenvalue weighted by Crippen LogP contribution is -2.40. The zero-order valence-corrected chi connectivity index (χ0v) is 26.4. The minimum Gasteiger partial charge on any atom is -0.492 e. The molecule has 1 fully saturated rings. The van der Waals surface area contributed by atoms with Gasteiger partial charge in [0.25, 0.3) is 0 Å². The standard InChI is InChI=1S/C34H38N6O3S/c1-23-9-11-24(12-10-23)40-31(21-30(38-40)34(2,3)4)37-33(41)36-27-13-14-28(26-8-6-5-7-25(26)27)42-18-16-39-17-19-43-29(22-39)32-35-15-20-44-32/h5-15,20-21,29H,16-19,22H2,1-4H3,(H2,36,37,41). The quantitative estimate of drug-likeness (QED) is 0.193. The van der Waals surface area contributed by atoms with Gasteiger partial charge in [-0.3, -0.25) is 10.2 Å². The van der Waals surface area contributed by atoms with E-state index in [1.807, 2.05) is 85.2 Å². The van der Waals surface area contributed by atoms with Gasteiger partial charge in [-0.15, -0.1) is 11.3 Å². The van der Waals surface area contributed by atoms with Crippen molar-refractivity contribution in [2.24, 2.45) is 0 Å². The first-order valence-corrected chi connectivity index (χ1v) is 15.8. The van der Waals surface area contributed by atoms with Crippen molar-refractivity contribution in [2.45, 2.75) is 39.2 Å². The molecule has 10 heteroatoms. The summed E-state index contributed by atoms with van der Waals surface area (Å²) >= 11 is 1.63. The van der Waals surface area contributed by atoms with E-state index in [1.165, 1.54) is 0 Å². The largest absolute Gasteiger partial charge is 0.492 e. The van der Waals surface area contributed by atoms with Crippen molar-refractivity contribution in [3.8, 4) is 11.4 Å². The number of carbonyl (C=O) groups is 1. The molecule has 1 aliphatic heterocycles. The molecule has 0 spiro atoms. The smallest absolute Gasteiger partial charge is 0.324 e. The average Bonchev–Trinajstić information content (AvgIpc) is 3.70. The van der Waals surface area contributed by atoms with Crippen molar-refractivity contribution in [2.75, 3.05) is 43.5 Å². The predicted molar refractivity (Wildman–Crippen MR) is 176 cm³/mol. The molecule has 1 saturated heterocycles. The Morgan fingerprint density at radius 1 is 1.07 bits per heavy atom. The Bertz CT molecular complexity index is 1730. The average molecular weight is 611 g/mol. The fourth-order valence-corrected chi connectivity index (χ4v) is 5.91. The van der Waals surface area contributed by atoms with Crippen molar-refractivity contribution >= 4 is 39.6 Å². The van der Waals surface area contributed by atoms with Crippen LogP contribution in [0.4, 0.5) is 16.3 Å². The van der Waals surface area contributed by atoms with Crippen molar-refractivity contribution in [3.05, 3.63) is 94.6 Å². The lowest BCUT2D eigenvalue weighted by Gasteiger charge is -2.31. The number of rotatable bonds is 8. The number of urea groups is 1. The number of aryl methyl sites for hydroxylation is 1. The molecule has 3 aromatic carbocycles. The molecule has 0 radical (unpaired) electrons. The summed E-state index contributed by atoms with van der Waals surface area (Å²) in [6, 6.07) is 21.4. The van der Waals surface area contributed by atoms with Crippen molar-refractivity contribution < 1.29 is 14.3 Å². The second kappa shape index (κ2) is 12.8. The number of morpholine rings is 1. The highest BCUT2D eigenvalue weighted by atomic mass is 32.1. The maximum Gasteiger partial charge on any atom is 0.324 e. The van der Waals surface area contributed by atoms with E-state index in [1.54, 1.807) is 16.0 Å².